The monoisotopic (exact) mass is 434 g/mol. The van der Waals surface area contributed by atoms with Gasteiger partial charge in [-0.05, 0) is 38.5 Å². The van der Waals surface area contributed by atoms with Crippen LogP contribution in [0.15, 0.2) is 58.6 Å². The normalized spacial score (nSPS) is 17.7. The van der Waals surface area contributed by atoms with Crippen LogP contribution < -0.4 is 9.64 Å². The van der Waals surface area contributed by atoms with Gasteiger partial charge in [0.1, 0.15) is 11.5 Å². The standard InChI is InChI=1S/C24H22N2O6/c1-4-31-18-12-16(9-10-17(18)27)21-20(22(28)15-7-5-13(2)6-8-15)23(29)24(30)26(21)19-11-14(3)32-25-19/h5-12,21,27-28H,4H2,1-3H3. The Bertz CT molecular complexity index is 1230. The van der Waals surface area contributed by atoms with E-state index in [1.165, 1.54) is 23.1 Å². The predicted octanol–water partition coefficient (Wildman–Crippen LogP) is 4.02. The summed E-state index contributed by atoms with van der Waals surface area (Å²) in [6.07, 6.45) is 0. The van der Waals surface area contributed by atoms with Crippen LogP contribution in [0.25, 0.3) is 5.76 Å². The third kappa shape index (κ3) is 3.60. The van der Waals surface area contributed by atoms with Gasteiger partial charge in [-0.25, -0.2) is 0 Å². The van der Waals surface area contributed by atoms with E-state index in [4.69, 9.17) is 9.26 Å². The van der Waals surface area contributed by atoms with Crippen LogP contribution >= 0.6 is 0 Å². The Kier molecular flexibility index (Phi) is 5.44. The molecule has 8 heteroatoms. The van der Waals surface area contributed by atoms with Crippen LogP contribution in [0.2, 0.25) is 0 Å². The largest absolute Gasteiger partial charge is 0.507 e. The van der Waals surface area contributed by atoms with E-state index < -0.39 is 17.7 Å². The van der Waals surface area contributed by atoms with Crippen molar-refractivity contribution in [3.8, 4) is 11.5 Å². The van der Waals surface area contributed by atoms with Gasteiger partial charge >= 0.3 is 5.91 Å². The van der Waals surface area contributed by atoms with Crippen molar-refractivity contribution >= 4 is 23.3 Å². The molecule has 3 aromatic rings. The van der Waals surface area contributed by atoms with Crippen molar-refractivity contribution < 1.29 is 29.1 Å². The van der Waals surface area contributed by atoms with Gasteiger partial charge in [-0.15, -0.1) is 0 Å². The number of ether oxygens (including phenoxy) is 1. The van der Waals surface area contributed by atoms with Crippen LogP contribution in [0.4, 0.5) is 5.82 Å². The fraction of sp³-hybridized carbons (Fsp3) is 0.208. The number of carbonyl (C=O) groups is 2. The Balaban J connectivity index is 1.94. The molecule has 2 aromatic carbocycles. The molecule has 32 heavy (non-hydrogen) atoms. The molecule has 1 aromatic heterocycles. The average Bonchev–Trinajstić information content (AvgIpc) is 3.31. The maximum atomic E-state index is 13.1. The lowest BCUT2D eigenvalue weighted by Crippen LogP contribution is -2.29. The van der Waals surface area contributed by atoms with Gasteiger partial charge in [0.05, 0.1) is 18.2 Å². The maximum Gasteiger partial charge on any atom is 0.301 e. The Labute approximate surface area is 184 Å². The number of aliphatic hydroxyl groups excluding tert-OH is 1. The number of phenols is 1. The van der Waals surface area contributed by atoms with Gasteiger partial charge in [0.2, 0.25) is 0 Å². The van der Waals surface area contributed by atoms with Gasteiger partial charge in [-0.2, -0.15) is 0 Å². The van der Waals surface area contributed by atoms with Gasteiger partial charge in [-0.1, -0.05) is 41.1 Å². The Morgan fingerprint density at radius 1 is 1.12 bits per heavy atom. The number of hydrogen-bond donors (Lipinski definition) is 2. The Morgan fingerprint density at radius 3 is 2.47 bits per heavy atom. The summed E-state index contributed by atoms with van der Waals surface area (Å²) in [5.41, 5.74) is 1.75. The summed E-state index contributed by atoms with van der Waals surface area (Å²) in [5, 5.41) is 25.1. The zero-order valence-corrected chi connectivity index (χ0v) is 17.8. The molecule has 2 N–H and O–H groups in total. The summed E-state index contributed by atoms with van der Waals surface area (Å²) in [6.45, 7) is 5.65. The minimum absolute atomic E-state index is 0.0802. The van der Waals surface area contributed by atoms with E-state index in [0.29, 0.717) is 23.5 Å². The van der Waals surface area contributed by atoms with E-state index in [0.717, 1.165) is 5.56 Å². The number of aliphatic hydroxyl groups is 1. The molecule has 1 fully saturated rings. The van der Waals surface area contributed by atoms with E-state index in [1.807, 2.05) is 6.92 Å². The second kappa shape index (κ2) is 8.22. The first-order valence-electron chi connectivity index (χ1n) is 10.1. The summed E-state index contributed by atoms with van der Waals surface area (Å²) in [4.78, 5) is 27.3. The molecule has 1 saturated heterocycles. The van der Waals surface area contributed by atoms with Gasteiger partial charge in [0.25, 0.3) is 5.78 Å². The van der Waals surface area contributed by atoms with Crippen molar-refractivity contribution in [3.63, 3.8) is 0 Å². The highest BCUT2D eigenvalue weighted by molar-refractivity contribution is 6.51. The summed E-state index contributed by atoms with van der Waals surface area (Å²) >= 11 is 0. The van der Waals surface area contributed by atoms with E-state index in [-0.39, 0.29) is 28.6 Å². The van der Waals surface area contributed by atoms with E-state index >= 15 is 0 Å². The van der Waals surface area contributed by atoms with Crippen LogP contribution in [-0.4, -0.2) is 33.7 Å². The molecule has 0 saturated carbocycles. The fourth-order valence-corrected chi connectivity index (χ4v) is 3.69. The molecule has 1 amide bonds. The van der Waals surface area contributed by atoms with Crippen molar-refractivity contribution in [2.24, 2.45) is 0 Å². The Morgan fingerprint density at radius 2 is 1.84 bits per heavy atom. The molecule has 0 bridgehead atoms. The number of ketones is 1. The molecule has 1 atom stereocenters. The number of Topliss-reactive ketones (excluding diaryl/α,β-unsaturated/α-hetero) is 1. The van der Waals surface area contributed by atoms with Gasteiger partial charge in [-0.3, -0.25) is 14.5 Å². The zero-order valence-electron chi connectivity index (χ0n) is 17.8. The second-order valence-electron chi connectivity index (χ2n) is 7.49. The number of rotatable bonds is 5. The summed E-state index contributed by atoms with van der Waals surface area (Å²) < 4.78 is 10.6. The van der Waals surface area contributed by atoms with Gasteiger partial charge < -0.3 is 19.5 Å². The van der Waals surface area contributed by atoms with Crippen molar-refractivity contribution in [1.82, 2.24) is 5.16 Å². The second-order valence-corrected chi connectivity index (χ2v) is 7.49. The van der Waals surface area contributed by atoms with Crippen molar-refractivity contribution in [2.45, 2.75) is 26.8 Å². The number of hydrogen-bond acceptors (Lipinski definition) is 7. The number of benzene rings is 2. The number of carbonyl (C=O) groups excluding carboxylic acids is 2. The summed E-state index contributed by atoms with van der Waals surface area (Å²) in [6, 6.07) is 12.0. The Hall–Kier alpha value is -4.07. The lowest BCUT2D eigenvalue weighted by molar-refractivity contribution is -0.132. The topological polar surface area (TPSA) is 113 Å². The molecule has 0 aliphatic carbocycles. The van der Waals surface area contributed by atoms with Crippen molar-refractivity contribution in [3.05, 3.63) is 76.6 Å². The smallest absolute Gasteiger partial charge is 0.301 e. The van der Waals surface area contributed by atoms with E-state index in [1.54, 1.807) is 44.2 Å². The van der Waals surface area contributed by atoms with Crippen LogP contribution in [0.5, 0.6) is 11.5 Å². The summed E-state index contributed by atoms with van der Waals surface area (Å²) in [7, 11) is 0. The number of amides is 1. The van der Waals surface area contributed by atoms with Crippen molar-refractivity contribution in [2.75, 3.05) is 11.5 Å². The average molecular weight is 434 g/mol. The molecule has 0 radical (unpaired) electrons. The van der Waals surface area contributed by atoms with Crippen LogP contribution in [-0.2, 0) is 9.59 Å². The molecule has 4 rings (SSSR count). The van der Waals surface area contributed by atoms with Crippen molar-refractivity contribution in [1.29, 1.82) is 0 Å². The lowest BCUT2D eigenvalue weighted by Gasteiger charge is -2.23. The lowest BCUT2D eigenvalue weighted by atomic mass is 9.94. The highest BCUT2D eigenvalue weighted by Crippen LogP contribution is 2.43. The van der Waals surface area contributed by atoms with Crippen LogP contribution in [0.1, 0.15) is 35.4 Å². The minimum atomic E-state index is -0.999. The highest BCUT2D eigenvalue weighted by Gasteiger charge is 2.48. The number of aromatic nitrogens is 1. The van der Waals surface area contributed by atoms with Gasteiger partial charge in [0.15, 0.2) is 17.3 Å². The first-order chi connectivity index (χ1) is 15.3. The number of nitrogens with zero attached hydrogens (tertiary/aromatic N) is 2. The third-order valence-corrected chi connectivity index (χ3v) is 5.23. The number of phenolic OH excluding ortho intramolecular Hbond substituents is 1. The first-order valence-corrected chi connectivity index (χ1v) is 10.1. The SMILES string of the molecule is CCOc1cc(C2C(=C(O)c3ccc(C)cc3)C(=O)C(=O)N2c2cc(C)on2)ccc1O. The number of anilines is 1. The van der Waals surface area contributed by atoms with Crippen LogP contribution in [0, 0.1) is 13.8 Å². The summed E-state index contributed by atoms with van der Waals surface area (Å²) in [5.74, 6) is -1.28. The molecular weight excluding hydrogens is 412 g/mol. The quantitative estimate of drug-likeness (QED) is 0.354. The molecular formula is C24H22N2O6. The van der Waals surface area contributed by atoms with E-state index in [9.17, 15) is 19.8 Å². The van der Waals surface area contributed by atoms with E-state index in [2.05, 4.69) is 5.16 Å². The molecule has 1 aliphatic heterocycles. The van der Waals surface area contributed by atoms with Crippen LogP contribution in [0.3, 0.4) is 0 Å². The molecule has 1 unspecified atom stereocenters. The molecule has 0 spiro atoms. The van der Waals surface area contributed by atoms with Gasteiger partial charge in [0, 0.05) is 11.6 Å². The molecule has 164 valence electrons. The molecule has 2 heterocycles. The third-order valence-electron chi connectivity index (χ3n) is 5.23. The minimum Gasteiger partial charge on any atom is -0.507 e. The fourth-order valence-electron chi connectivity index (χ4n) is 3.69. The zero-order chi connectivity index (χ0) is 23.0. The molecule has 8 nitrogen and oxygen atoms in total. The number of aromatic hydroxyl groups is 1. The first kappa shape index (κ1) is 21.2. The maximum absolute atomic E-state index is 13.1. The number of aryl methyl sites for hydroxylation is 2. The predicted molar refractivity (Wildman–Crippen MR) is 116 cm³/mol. The molecule has 1 aliphatic rings. The highest BCUT2D eigenvalue weighted by atomic mass is 16.5.